The number of halogens is 1. The van der Waals surface area contributed by atoms with Crippen molar-refractivity contribution < 1.29 is 9.53 Å². The topological polar surface area (TPSA) is 53.6 Å². The molecule has 0 radical (unpaired) electrons. The molecule has 5 rings (SSSR count). The van der Waals surface area contributed by atoms with Crippen LogP contribution in [0.2, 0.25) is 5.02 Å². The highest BCUT2D eigenvalue weighted by Gasteiger charge is 2.33. The second-order valence-corrected chi connectivity index (χ2v) is 9.34. The van der Waals surface area contributed by atoms with Crippen molar-refractivity contribution in [1.29, 1.82) is 0 Å². The minimum atomic E-state index is -0.250. The quantitative estimate of drug-likeness (QED) is 0.556. The zero-order chi connectivity index (χ0) is 21.4. The summed E-state index contributed by atoms with van der Waals surface area (Å²) in [6.07, 6.45) is 0.687. The molecule has 5 nitrogen and oxygen atoms in total. The van der Waals surface area contributed by atoms with Crippen LogP contribution in [-0.4, -0.2) is 23.9 Å². The number of nitrogens with zero attached hydrogens (tertiary/aromatic N) is 1. The van der Waals surface area contributed by atoms with Crippen LogP contribution in [0.15, 0.2) is 48.5 Å². The van der Waals surface area contributed by atoms with Crippen molar-refractivity contribution in [2.75, 3.05) is 18.4 Å². The van der Waals surface area contributed by atoms with Crippen LogP contribution in [0.1, 0.15) is 45.0 Å². The van der Waals surface area contributed by atoms with Crippen LogP contribution in [0, 0.1) is 0 Å². The van der Waals surface area contributed by atoms with Crippen molar-refractivity contribution in [2.45, 2.75) is 32.7 Å². The number of anilines is 1. The average Bonchev–Trinajstić information content (AvgIpc) is 3.17. The standard InChI is InChI=1S/C24H24ClN3O2S/c1-2-28-12-11-18-20(13-28)31-24-21(18)23(29)26-22(27-24)15-7-9-17(10-8-15)30-14-16-5-3-4-6-19(16)25/h3-10,22,27H,2,11-14H2,1H3,(H,26,29)/t22-/m1/s1. The van der Waals surface area contributed by atoms with Crippen molar-refractivity contribution in [2.24, 2.45) is 0 Å². The third kappa shape index (κ3) is 4.03. The third-order valence-corrected chi connectivity index (χ3v) is 7.44. The summed E-state index contributed by atoms with van der Waals surface area (Å²) in [6, 6.07) is 15.5. The Labute approximate surface area is 191 Å². The number of benzene rings is 2. The molecule has 0 saturated heterocycles. The lowest BCUT2D eigenvalue weighted by molar-refractivity contribution is 0.0934. The molecule has 31 heavy (non-hydrogen) atoms. The van der Waals surface area contributed by atoms with Gasteiger partial charge in [-0.1, -0.05) is 48.9 Å². The van der Waals surface area contributed by atoms with Crippen LogP contribution in [0.3, 0.4) is 0 Å². The van der Waals surface area contributed by atoms with E-state index in [1.165, 1.54) is 10.4 Å². The Morgan fingerprint density at radius 1 is 1.16 bits per heavy atom. The second-order valence-electron chi connectivity index (χ2n) is 7.83. The van der Waals surface area contributed by atoms with Crippen molar-refractivity contribution >= 4 is 33.8 Å². The molecule has 2 aliphatic rings. The summed E-state index contributed by atoms with van der Waals surface area (Å²) >= 11 is 7.91. The van der Waals surface area contributed by atoms with Crippen molar-refractivity contribution in [3.05, 3.63) is 80.7 Å². The Morgan fingerprint density at radius 3 is 2.74 bits per heavy atom. The highest BCUT2D eigenvalue weighted by Crippen LogP contribution is 2.40. The van der Waals surface area contributed by atoms with E-state index in [1.807, 2.05) is 48.5 Å². The van der Waals surface area contributed by atoms with E-state index < -0.39 is 0 Å². The first-order valence-electron chi connectivity index (χ1n) is 10.5. The molecule has 0 spiro atoms. The zero-order valence-corrected chi connectivity index (χ0v) is 18.9. The molecular weight excluding hydrogens is 430 g/mol. The number of nitrogens with one attached hydrogen (secondary N) is 2. The first-order chi connectivity index (χ1) is 15.1. The van der Waals surface area contributed by atoms with Gasteiger partial charge >= 0.3 is 0 Å². The Balaban J connectivity index is 1.29. The molecular formula is C24H24ClN3O2S. The minimum absolute atomic E-state index is 0.0141. The van der Waals surface area contributed by atoms with Crippen LogP contribution in [0.25, 0.3) is 0 Å². The number of hydrogen-bond donors (Lipinski definition) is 2. The molecule has 0 saturated carbocycles. The molecule has 2 aliphatic heterocycles. The van der Waals surface area contributed by atoms with Crippen LogP contribution in [0.5, 0.6) is 5.75 Å². The summed E-state index contributed by atoms with van der Waals surface area (Å²) in [7, 11) is 0. The summed E-state index contributed by atoms with van der Waals surface area (Å²) in [5, 5.41) is 8.33. The van der Waals surface area contributed by atoms with Gasteiger partial charge in [-0.15, -0.1) is 11.3 Å². The maximum atomic E-state index is 12.9. The lowest BCUT2D eigenvalue weighted by Gasteiger charge is -2.28. The van der Waals surface area contributed by atoms with Gasteiger partial charge in [-0.25, -0.2) is 0 Å². The molecule has 160 valence electrons. The maximum Gasteiger partial charge on any atom is 0.256 e. The van der Waals surface area contributed by atoms with E-state index in [2.05, 4.69) is 22.5 Å². The van der Waals surface area contributed by atoms with Gasteiger partial charge in [-0.2, -0.15) is 0 Å². The first-order valence-corrected chi connectivity index (χ1v) is 11.7. The normalized spacial score (nSPS) is 18.0. The van der Waals surface area contributed by atoms with Crippen molar-refractivity contribution in [3.8, 4) is 5.75 Å². The summed E-state index contributed by atoms with van der Waals surface area (Å²) in [6.45, 7) is 5.58. The number of carbonyl (C=O) groups is 1. The molecule has 2 N–H and O–H groups in total. The maximum absolute atomic E-state index is 12.9. The average molecular weight is 454 g/mol. The lowest BCUT2D eigenvalue weighted by Crippen LogP contribution is -2.38. The molecule has 1 aromatic heterocycles. The van der Waals surface area contributed by atoms with E-state index in [-0.39, 0.29) is 12.1 Å². The van der Waals surface area contributed by atoms with Crippen LogP contribution >= 0.6 is 22.9 Å². The molecule has 1 amide bonds. The molecule has 1 atom stereocenters. The van der Waals surface area contributed by atoms with E-state index >= 15 is 0 Å². The summed E-state index contributed by atoms with van der Waals surface area (Å²) < 4.78 is 5.87. The number of carbonyl (C=O) groups excluding carboxylic acids is 1. The largest absolute Gasteiger partial charge is 0.489 e. The molecule has 0 bridgehead atoms. The van der Waals surface area contributed by atoms with E-state index in [4.69, 9.17) is 16.3 Å². The monoisotopic (exact) mass is 453 g/mol. The summed E-state index contributed by atoms with van der Waals surface area (Å²) in [5.41, 5.74) is 4.00. The van der Waals surface area contributed by atoms with Crippen LogP contribution < -0.4 is 15.4 Å². The van der Waals surface area contributed by atoms with Gasteiger partial charge in [0.2, 0.25) is 0 Å². The SMILES string of the molecule is CCN1CCc2c(sc3c2C(=O)N[C@@H](c2ccc(OCc4ccccc4Cl)cc2)N3)C1. The van der Waals surface area contributed by atoms with Crippen LogP contribution in [0.4, 0.5) is 5.00 Å². The summed E-state index contributed by atoms with van der Waals surface area (Å²) in [4.78, 5) is 16.6. The highest BCUT2D eigenvalue weighted by molar-refractivity contribution is 7.16. The smallest absolute Gasteiger partial charge is 0.256 e. The molecule has 7 heteroatoms. The van der Waals surface area contributed by atoms with E-state index in [0.717, 1.165) is 53.5 Å². The van der Waals surface area contributed by atoms with E-state index in [1.54, 1.807) is 11.3 Å². The van der Waals surface area contributed by atoms with Gasteiger partial charge < -0.3 is 15.4 Å². The van der Waals surface area contributed by atoms with Gasteiger partial charge in [-0.3, -0.25) is 9.69 Å². The van der Waals surface area contributed by atoms with Gasteiger partial charge in [0, 0.05) is 28.6 Å². The lowest BCUT2D eigenvalue weighted by atomic mass is 10.0. The number of fused-ring (bicyclic) bond motifs is 3. The number of thiophene rings is 1. The molecule has 3 aromatic rings. The van der Waals surface area contributed by atoms with Gasteiger partial charge in [0.25, 0.3) is 5.91 Å². The Kier molecular flexibility index (Phi) is 5.61. The summed E-state index contributed by atoms with van der Waals surface area (Å²) in [5.74, 6) is 0.776. The van der Waals surface area contributed by atoms with Crippen molar-refractivity contribution in [1.82, 2.24) is 10.2 Å². The predicted molar refractivity (Wildman–Crippen MR) is 125 cm³/mol. The molecule has 0 aliphatic carbocycles. The van der Waals surface area contributed by atoms with Gasteiger partial charge in [0.1, 0.15) is 23.5 Å². The van der Waals surface area contributed by atoms with E-state index in [0.29, 0.717) is 11.6 Å². The number of ether oxygens (including phenoxy) is 1. The Morgan fingerprint density at radius 2 is 1.97 bits per heavy atom. The molecule has 3 heterocycles. The number of rotatable bonds is 5. The predicted octanol–water partition coefficient (Wildman–Crippen LogP) is 5.21. The number of amides is 1. The Hall–Kier alpha value is -2.54. The molecule has 0 unspecified atom stereocenters. The molecule has 0 fully saturated rings. The fraction of sp³-hybridized carbons (Fsp3) is 0.292. The minimum Gasteiger partial charge on any atom is -0.489 e. The third-order valence-electron chi connectivity index (χ3n) is 5.93. The Bertz CT molecular complexity index is 1110. The number of likely N-dealkylation sites (N-methyl/N-ethyl adjacent to an activating group) is 1. The first kappa shape index (κ1) is 20.4. The van der Waals surface area contributed by atoms with E-state index in [9.17, 15) is 4.79 Å². The fourth-order valence-corrected chi connectivity index (χ4v) is 5.64. The van der Waals surface area contributed by atoms with Crippen LogP contribution in [-0.2, 0) is 19.6 Å². The van der Waals surface area contributed by atoms with Crippen molar-refractivity contribution in [3.63, 3.8) is 0 Å². The second kappa shape index (κ2) is 8.54. The highest BCUT2D eigenvalue weighted by atomic mass is 35.5. The number of hydrogen-bond acceptors (Lipinski definition) is 5. The van der Waals surface area contributed by atoms with Gasteiger partial charge in [0.15, 0.2) is 0 Å². The fourth-order valence-electron chi connectivity index (χ4n) is 4.14. The van der Waals surface area contributed by atoms with Gasteiger partial charge in [-0.05, 0) is 42.3 Å². The molecule has 2 aromatic carbocycles. The van der Waals surface area contributed by atoms with Gasteiger partial charge in [0.05, 0.1) is 5.56 Å². The zero-order valence-electron chi connectivity index (χ0n) is 17.3.